The van der Waals surface area contributed by atoms with Crippen molar-refractivity contribution < 1.29 is 81.0 Å². The lowest BCUT2D eigenvalue weighted by molar-refractivity contribution is -0.346. The number of aliphatic hydroxyl groups is 1. The van der Waals surface area contributed by atoms with Crippen LogP contribution in [0.25, 0.3) is 0 Å². The molecule has 0 saturated carbocycles. The highest BCUT2D eigenvalue weighted by Gasteiger charge is 2.59. The van der Waals surface area contributed by atoms with E-state index in [9.17, 15) is 38.7 Å². The van der Waals surface area contributed by atoms with Crippen molar-refractivity contribution in [2.75, 3.05) is 19.8 Å². The molecule has 1 N–H and O–H groups in total. The van der Waals surface area contributed by atoms with Crippen LogP contribution in [-0.4, -0.2) is 141 Å². The summed E-state index contributed by atoms with van der Waals surface area (Å²) in [7, 11) is -2.59. The minimum atomic E-state index is -2.59. The number of rotatable bonds is 20. The zero-order valence-electron chi connectivity index (χ0n) is 44.8. The lowest BCUT2D eigenvalue weighted by atomic mass is 9.94. The fourth-order valence-electron chi connectivity index (χ4n) is 8.60. The molecule has 0 aromatic heterocycles. The molecular formula is C58H67NO17Si. The predicted octanol–water partition coefficient (Wildman–Crippen LogP) is 7.59. The standard InChI is InChI=1S/C58H67NO17Si/c1-11-30-68-56-45(59-51(63)40-14-12-13-15-41(40)52(59)64)48(46(62)42(71-56)32-70-77(9,10)58(6,7)8)76-57-50(75-55(67)39-27-20-35(4)21-28-39)49(74-54(66)38-25-18-34(3)19-26-38)47(73-53(65)37-23-16-33(2)17-24-37)43(72-57)31-69-44(61)29-22-36(5)60/h11-21,23-28,42-43,45-50,56-57,62H,1,22,29-32H2,2-10H3/t42-,43-,45-,46-,47-,48-,49+,50-,56-,57+/m1/s1. The zero-order valence-corrected chi connectivity index (χ0v) is 45.8. The summed E-state index contributed by atoms with van der Waals surface area (Å²) in [6.45, 7) is 19.5. The van der Waals surface area contributed by atoms with E-state index >= 15 is 0 Å². The molecule has 0 aliphatic carbocycles. The van der Waals surface area contributed by atoms with Gasteiger partial charge in [0.25, 0.3) is 11.8 Å². The number of ketones is 1. The van der Waals surface area contributed by atoms with Crippen molar-refractivity contribution in [3.63, 3.8) is 0 Å². The van der Waals surface area contributed by atoms with Gasteiger partial charge in [0.05, 0.1) is 47.5 Å². The third-order valence-corrected chi connectivity index (χ3v) is 18.6. The van der Waals surface area contributed by atoms with Crippen LogP contribution in [-0.2, 0) is 51.9 Å². The molecule has 2 fully saturated rings. The van der Waals surface area contributed by atoms with E-state index in [2.05, 4.69) is 6.58 Å². The van der Waals surface area contributed by atoms with Crippen molar-refractivity contribution >= 4 is 49.8 Å². The summed E-state index contributed by atoms with van der Waals surface area (Å²) in [5.41, 5.74) is 2.67. The molecule has 10 atom stereocenters. The van der Waals surface area contributed by atoms with Crippen LogP contribution in [0.1, 0.15) is 109 Å². The number of carbonyl (C=O) groups is 7. The van der Waals surface area contributed by atoms with Gasteiger partial charge in [-0.15, -0.1) is 6.58 Å². The third-order valence-electron chi connectivity index (χ3n) is 14.1. The predicted molar refractivity (Wildman–Crippen MR) is 280 cm³/mol. The molecule has 410 valence electrons. The van der Waals surface area contributed by atoms with Crippen LogP contribution in [0.4, 0.5) is 0 Å². The van der Waals surface area contributed by atoms with E-state index < -0.39 is 112 Å². The first-order chi connectivity index (χ1) is 36.5. The van der Waals surface area contributed by atoms with Gasteiger partial charge >= 0.3 is 23.9 Å². The second kappa shape index (κ2) is 24.7. The van der Waals surface area contributed by atoms with Gasteiger partial charge in [0.2, 0.25) is 0 Å². The minimum absolute atomic E-state index is 0.0309. The number of aliphatic hydroxyl groups excluding tert-OH is 1. The van der Waals surface area contributed by atoms with Gasteiger partial charge in [-0.1, -0.05) is 92.1 Å². The second-order valence-electron chi connectivity index (χ2n) is 21.0. The number of carbonyl (C=O) groups excluding carboxylic acids is 7. The first-order valence-electron chi connectivity index (χ1n) is 25.4. The summed E-state index contributed by atoms with van der Waals surface area (Å²) in [6.07, 6.45) is -14.7. The molecule has 4 aromatic rings. The van der Waals surface area contributed by atoms with E-state index in [0.29, 0.717) is 0 Å². The van der Waals surface area contributed by atoms with Gasteiger partial charge in [-0.3, -0.25) is 19.3 Å². The first-order valence-corrected chi connectivity index (χ1v) is 28.3. The summed E-state index contributed by atoms with van der Waals surface area (Å²) < 4.78 is 57.5. The highest BCUT2D eigenvalue weighted by atomic mass is 28.4. The smallest absolute Gasteiger partial charge is 0.338 e. The normalized spacial score (nSPS) is 24.4. The van der Waals surface area contributed by atoms with Crippen LogP contribution in [0.3, 0.4) is 0 Å². The van der Waals surface area contributed by atoms with Gasteiger partial charge in [-0.2, -0.15) is 0 Å². The number of ether oxygens (including phenoxy) is 8. The van der Waals surface area contributed by atoms with Crippen LogP contribution in [0.15, 0.2) is 110 Å². The number of fused-ring (bicyclic) bond motifs is 1. The molecule has 3 aliphatic rings. The molecule has 0 radical (unpaired) electrons. The molecular weight excluding hydrogens is 1010 g/mol. The summed E-state index contributed by atoms with van der Waals surface area (Å²) >= 11 is 0. The highest BCUT2D eigenvalue weighted by Crippen LogP contribution is 2.41. The molecule has 2 amide bonds. The number of nitrogens with zero attached hydrogens (tertiary/aromatic N) is 1. The van der Waals surface area contributed by atoms with Crippen LogP contribution in [0.2, 0.25) is 18.1 Å². The summed E-state index contributed by atoms with van der Waals surface area (Å²) in [4.78, 5) is 98.6. The van der Waals surface area contributed by atoms with E-state index in [1.54, 1.807) is 48.5 Å². The Hall–Kier alpha value is -6.71. The van der Waals surface area contributed by atoms with E-state index in [4.69, 9.17) is 42.3 Å². The average Bonchev–Trinajstić information content (AvgIpc) is 3.65. The molecule has 77 heavy (non-hydrogen) atoms. The van der Waals surface area contributed by atoms with Gasteiger partial charge in [0.1, 0.15) is 42.8 Å². The lowest BCUT2D eigenvalue weighted by Gasteiger charge is -2.50. The second-order valence-corrected chi connectivity index (χ2v) is 25.8. The van der Waals surface area contributed by atoms with Crippen LogP contribution < -0.4 is 0 Å². The molecule has 0 unspecified atom stereocenters. The fourth-order valence-corrected chi connectivity index (χ4v) is 9.62. The Bertz CT molecular complexity index is 2770. The molecule has 19 heteroatoms. The number of benzene rings is 4. The Morgan fingerprint density at radius 2 is 1.12 bits per heavy atom. The maximum atomic E-state index is 14.6. The molecule has 7 rings (SSSR count). The minimum Gasteiger partial charge on any atom is -0.463 e. The van der Waals surface area contributed by atoms with Gasteiger partial charge in [0.15, 0.2) is 39.2 Å². The Kier molecular flexibility index (Phi) is 18.6. The van der Waals surface area contributed by atoms with Gasteiger partial charge in [0, 0.05) is 6.42 Å². The van der Waals surface area contributed by atoms with Gasteiger partial charge in [-0.25, -0.2) is 14.4 Å². The summed E-state index contributed by atoms with van der Waals surface area (Å²) in [5.74, 6) is -5.60. The summed E-state index contributed by atoms with van der Waals surface area (Å²) in [5, 5.41) is 12.5. The van der Waals surface area contributed by atoms with Gasteiger partial charge in [-0.05, 0) is 94.4 Å². The number of aryl methyl sites for hydroxylation is 3. The Morgan fingerprint density at radius 3 is 1.58 bits per heavy atom. The molecule has 4 aromatic carbocycles. The fraction of sp³-hybridized carbons (Fsp3) is 0.431. The van der Waals surface area contributed by atoms with Crippen molar-refractivity contribution in [2.24, 2.45) is 0 Å². The van der Waals surface area contributed by atoms with E-state index in [1.807, 2.05) is 54.6 Å². The maximum Gasteiger partial charge on any atom is 0.338 e. The Morgan fingerprint density at radius 1 is 0.649 bits per heavy atom. The largest absolute Gasteiger partial charge is 0.463 e. The van der Waals surface area contributed by atoms with Crippen LogP contribution >= 0.6 is 0 Å². The van der Waals surface area contributed by atoms with Crippen molar-refractivity contribution in [3.05, 3.63) is 154 Å². The van der Waals surface area contributed by atoms with E-state index in [0.717, 1.165) is 21.6 Å². The number of hydrogen-bond donors (Lipinski definition) is 1. The topological polar surface area (TPSA) is 226 Å². The SMILES string of the molecule is C=CCO[C@@H]1O[C@H](CO[Si](C)(C)C(C)(C)C)[C@@H](O)[C@H](O[C@@H]2O[C@H](COC(=O)CCC(C)=O)[C@@H](OC(=O)c3ccc(C)cc3)[C@H](OC(=O)c3ccc(C)cc3)[C@H]2OC(=O)c2ccc(C)cc2)[C@H]1N1C(=O)c2ccccc2C1=O. The highest BCUT2D eigenvalue weighted by molar-refractivity contribution is 6.74. The zero-order chi connectivity index (χ0) is 55.9. The van der Waals surface area contributed by atoms with Crippen molar-refractivity contribution in [2.45, 2.75) is 141 Å². The monoisotopic (exact) mass is 1080 g/mol. The average molecular weight is 1080 g/mol. The number of esters is 4. The Labute approximate surface area is 449 Å². The molecule has 18 nitrogen and oxygen atoms in total. The van der Waals surface area contributed by atoms with E-state index in [-0.39, 0.29) is 64.7 Å². The molecule has 3 heterocycles. The van der Waals surface area contributed by atoms with Crippen molar-refractivity contribution in [1.82, 2.24) is 4.90 Å². The number of Topliss-reactive ketones (excluding diaryl/α,β-unsaturated/α-hetero) is 1. The third kappa shape index (κ3) is 13.7. The summed E-state index contributed by atoms with van der Waals surface area (Å²) in [6, 6.07) is 23.5. The van der Waals surface area contributed by atoms with Crippen molar-refractivity contribution in [1.29, 1.82) is 0 Å². The van der Waals surface area contributed by atoms with Crippen molar-refractivity contribution in [3.8, 4) is 0 Å². The number of hydrogen-bond acceptors (Lipinski definition) is 17. The molecule has 2 saturated heterocycles. The number of amides is 2. The van der Waals surface area contributed by atoms with E-state index in [1.165, 1.54) is 61.5 Å². The molecule has 0 spiro atoms. The Balaban J connectivity index is 1.41. The quantitative estimate of drug-likeness (QED) is 0.0296. The number of imide groups is 1. The lowest BCUT2D eigenvalue weighted by Crippen LogP contribution is -2.69. The van der Waals surface area contributed by atoms with Gasteiger partial charge < -0.3 is 52.2 Å². The van der Waals surface area contributed by atoms with Crippen LogP contribution in [0.5, 0.6) is 0 Å². The molecule has 0 bridgehead atoms. The van der Waals surface area contributed by atoms with Crippen LogP contribution in [0, 0.1) is 20.8 Å². The molecule has 3 aliphatic heterocycles. The first kappa shape index (κ1) is 58.0. The maximum absolute atomic E-state index is 14.6.